The van der Waals surface area contributed by atoms with Gasteiger partial charge in [-0.1, -0.05) is 12.1 Å². The van der Waals surface area contributed by atoms with Gasteiger partial charge in [0.15, 0.2) is 0 Å². The fourth-order valence-corrected chi connectivity index (χ4v) is 2.01. The minimum atomic E-state index is -0.839. The maximum absolute atomic E-state index is 11.0. The fraction of sp³-hybridized carbons (Fsp3) is 0.308. The van der Waals surface area contributed by atoms with Gasteiger partial charge in [-0.3, -0.25) is 4.79 Å². The van der Waals surface area contributed by atoms with Crippen LogP contribution in [0.3, 0.4) is 0 Å². The summed E-state index contributed by atoms with van der Waals surface area (Å²) in [5, 5.41) is 10.1. The van der Waals surface area contributed by atoms with Crippen molar-refractivity contribution in [2.45, 2.75) is 13.3 Å². The van der Waals surface area contributed by atoms with Crippen LogP contribution in [0.1, 0.15) is 11.1 Å². The minimum Gasteiger partial charge on any atom is -0.481 e. The van der Waals surface area contributed by atoms with Crippen molar-refractivity contribution in [2.75, 3.05) is 6.54 Å². The van der Waals surface area contributed by atoms with Crippen LogP contribution >= 0.6 is 0 Å². The molecule has 0 aliphatic carbocycles. The normalized spacial score (nSPS) is 12.8. The lowest BCUT2D eigenvalue weighted by Gasteiger charge is -2.08. The van der Waals surface area contributed by atoms with Crippen molar-refractivity contribution in [3.63, 3.8) is 0 Å². The summed E-state index contributed by atoms with van der Waals surface area (Å²) in [6.45, 7) is 2.19. The molecule has 0 saturated carbocycles. The Hall–Kier alpha value is -1.81. The molecule has 1 unspecified atom stereocenters. The van der Waals surface area contributed by atoms with Crippen molar-refractivity contribution in [1.82, 2.24) is 4.98 Å². The maximum atomic E-state index is 11.0. The number of carboxylic acids is 1. The van der Waals surface area contributed by atoms with E-state index in [1.54, 1.807) is 0 Å². The number of nitrogens with two attached hydrogens (primary N) is 1. The van der Waals surface area contributed by atoms with E-state index in [4.69, 9.17) is 10.8 Å². The lowest BCUT2D eigenvalue weighted by atomic mass is 9.99. The maximum Gasteiger partial charge on any atom is 0.308 e. The molecule has 0 aliphatic rings. The Morgan fingerprint density at radius 3 is 2.94 bits per heavy atom. The lowest BCUT2D eigenvalue weighted by Crippen LogP contribution is -2.25. The Labute approximate surface area is 99.4 Å². The van der Waals surface area contributed by atoms with E-state index in [0.717, 1.165) is 16.5 Å². The standard InChI is InChI=1S/C13H16N2O2/c1-8-2-3-11-10(7-15-12(11)4-8)5-9(6-14)13(16)17/h2-4,7,9,15H,5-6,14H2,1H3,(H,16,17). The molecule has 1 aromatic carbocycles. The van der Waals surface area contributed by atoms with Gasteiger partial charge in [0.05, 0.1) is 5.92 Å². The number of aromatic nitrogens is 1. The monoisotopic (exact) mass is 232 g/mol. The van der Waals surface area contributed by atoms with E-state index in [2.05, 4.69) is 11.1 Å². The molecule has 1 aromatic heterocycles. The molecule has 2 rings (SSSR count). The van der Waals surface area contributed by atoms with Crippen molar-refractivity contribution in [2.24, 2.45) is 11.7 Å². The number of aromatic amines is 1. The molecule has 4 nitrogen and oxygen atoms in total. The van der Waals surface area contributed by atoms with Crippen LogP contribution in [-0.4, -0.2) is 22.6 Å². The van der Waals surface area contributed by atoms with Gasteiger partial charge in [0.25, 0.3) is 0 Å². The average Bonchev–Trinajstić information content (AvgIpc) is 2.67. The number of carboxylic acid groups (broad SMARTS) is 1. The highest BCUT2D eigenvalue weighted by molar-refractivity contribution is 5.84. The number of H-pyrrole nitrogens is 1. The number of aliphatic carboxylic acids is 1. The molecule has 0 fully saturated rings. The van der Waals surface area contributed by atoms with E-state index < -0.39 is 11.9 Å². The van der Waals surface area contributed by atoms with Gasteiger partial charge in [0, 0.05) is 23.6 Å². The first-order valence-electron chi connectivity index (χ1n) is 5.61. The number of aryl methyl sites for hydroxylation is 1. The topological polar surface area (TPSA) is 79.1 Å². The second-order valence-corrected chi connectivity index (χ2v) is 4.34. The Kier molecular flexibility index (Phi) is 3.15. The number of nitrogens with one attached hydrogen (secondary N) is 1. The first-order chi connectivity index (χ1) is 8.11. The summed E-state index contributed by atoms with van der Waals surface area (Å²) in [7, 11) is 0. The van der Waals surface area contributed by atoms with Gasteiger partial charge in [-0.2, -0.15) is 0 Å². The van der Waals surface area contributed by atoms with E-state index in [9.17, 15) is 4.79 Å². The molecule has 0 spiro atoms. The van der Waals surface area contributed by atoms with Gasteiger partial charge in [0.1, 0.15) is 0 Å². The summed E-state index contributed by atoms with van der Waals surface area (Å²) in [6.07, 6.45) is 2.34. The molecule has 17 heavy (non-hydrogen) atoms. The summed E-state index contributed by atoms with van der Waals surface area (Å²) >= 11 is 0. The second-order valence-electron chi connectivity index (χ2n) is 4.34. The summed E-state index contributed by atoms with van der Waals surface area (Å²) in [5.41, 5.74) is 8.70. The van der Waals surface area contributed by atoms with E-state index >= 15 is 0 Å². The summed E-state index contributed by atoms with van der Waals surface area (Å²) < 4.78 is 0. The van der Waals surface area contributed by atoms with Crippen LogP contribution in [0, 0.1) is 12.8 Å². The first-order valence-corrected chi connectivity index (χ1v) is 5.61. The molecule has 1 atom stereocenters. The fourth-order valence-electron chi connectivity index (χ4n) is 2.01. The second kappa shape index (κ2) is 4.59. The molecule has 0 bridgehead atoms. The minimum absolute atomic E-state index is 0.161. The predicted molar refractivity (Wildman–Crippen MR) is 66.9 cm³/mol. The molecule has 0 amide bonds. The van der Waals surface area contributed by atoms with Gasteiger partial charge in [0.2, 0.25) is 0 Å². The predicted octanol–water partition coefficient (Wildman–Crippen LogP) is 1.68. The molecule has 90 valence electrons. The lowest BCUT2D eigenvalue weighted by molar-refractivity contribution is -0.141. The van der Waals surface area contributed by atoms with Crippen molar-refractivity contribution < 1.29 is 9.90 Å². The number of carbonyl (C=O) groups is 1. The largest absolute Gasteiger partial charge is 0.481 e. The number of fused-ring (bicyclic) bond motifs is 1. The smallest absolute Gasteiger partial charge is 0.308 e. The van der Waals surface area contributed by atoms with E-state index in [1.165, 1.54) is 5.56 Å². The molecule has 0 aliphatic heterocycles. The van der Waals surface area contributed by atoms with Crippen LogP contribution in [0.25, 0.3) is 10.9 Å². The third-order valence-electron chi connectivity index (χ3n) is 3.02. The molecule has 0 saturated heterocycles. The molecule has 4 heteroatoms. The van der Waals surface area contributed by atoms with Crippen molar-refractivity contribution in [3.05, 3.63) is 35.5 Å². The van der Waals surface area contributed by atoms with Crippen LogP contribution in [0.4, 0.5) is 0 Å². The number of rotatable bonds is 4. The third-order valence-corrected chi connectivity index (χ3v) is 3.02. The molecule has 0 radical (unpaired) electrons. The van der Waals surface area contributed by atoms with Gasteiger partial charge in [-0.15, -0.1) is 0 Å². The highest BCUT2D eigenvalue weighted by Crippen LogP contribution is 2.22. The first kappa shape index (κ1) is 11.7. The molecule has 4 N–H and O–H groups in total. The van der Waals surface area contributed by atoms with Crippen molar-refractivity contribution in [3.8, 4) is 0 Å². The number of benzene rings is 1. The summed E-state index contributed by atoms with van der Waals surface area (Å²) in [4.78, 5) is 14.1. The molecule has 1 heterocycles. The molecule has 2 aromatic rings. The van der Waals surface area contributed by atoms with Crippen LogP contribution in [-0.2, 0) is 11.2 Å². The quantitative estimate of drug-likeness (QED) is 0.750. The van der Waals surface area contributed by atoms with Crippen molar-refractivity contribution >= 4 is 16.9 Å². The zero-order chi connectivity index (χ0) is 12.4. The summed E-state index contributed by atoms with van der Waals surface area (Å²) in [6, 6.07) is 6.10. The Morgan fingerprint density at radius 2 is 2.29 bits per heavy atom. The van der Waals surface area contributed by atoms with E-state index in [-0.39, 0.29) is 6.54 Å². The Morgan fingerprint density at radius 1 is 1.53 bits per heavy atom. The molecular formula is C13H16N2O2. The Bertz CT molecular complexity index is 545. The van der Waals surface area contributed by atoms with Crippen molar-refractivity contribution in [1.29, 1.82) is 0 Å². The van der Waals surface area contributed by atoms with Crippen LogP contribution in [0.2, 0.25) is 0 Å². The summed E-state index contributed by atoms with van der Waals surface area (Å²) in [5.74, 6) is -1.36. The van der Waals surface area contributed by atoms with E-state index in [1.807, 2.05) is 25.3 Å². The van der Waals surface area contributed by atoms with E-state index in [0.29, 0.717) is 6.42 Å². The van der Waals surface area contributed by atoms with Gasteiger partial charge < -0.3 is 15.8 Å². The highest BCUT2D eigenvalue weighted by atomic mass is 16.4. The highest BCUT2D eigenvalue weighted by Gasteiger charge is 2.17. The van der Waals surface area contributed by atoms with Crippen LogP contribution in [0.5, 0.6) is 0 Å². The van der Waals surface area contributed by atoms with Crippen LogP contribution < -0.4 is 5.73 Å². The van der Waals surface area contributed by atoms with Gasteiger partial charge in [-0.05, 0) is 30.5 Å². The number of hydrogen-bond acceptors (Lipinski definition) is 2. The van der Waals surface area contributed by atoms with Gasteiger partial charge in [-0.25, -0.2) is 0 Å². The van der Waals surface area contributed by atoms with Gasteiger partial charge >= 0.3 is 5.97 Å². The average molecular weight is 232 g/mol. The number of hydrogen-bond donors (Lipinski definition) is 3. The SMILES string of the molecule is Cc1ccc2c(CC(CN)C(=O)O)c[nH]c2c1. The third kappa shape index (κ3) is 2.31. The zero-order valence-electron chi connectivity index (χ0n) is 9.73. The zero-order valence-corrected chi connectivity index (χ0v) is 9.73. The Balaban J connectivity index is 2.33. The van der Waals surface area contributed by atoms with Crippen LogP contribution in [0.15, 0.2) is 24.4 Å². The molecular weight excluding hydrogens is 216 g/mol.